The van der Waals surface area contributed by atoms with Crippen LogP contribution in [-0.4, -0.2) is 27.9 Å². The average molecular weight is 342 g/mol. The molecule has 1 amide bonds. The topological polar surface area (TPSA) is 122 Å². The molecule has 8 heteroatoms. The minimum atomic E-state index is -0.777. The van der Waals surface area contributed by atoms with Crippen LogP contribution in [0.25, 0.3) is 22.3 Å². The number of hydrogen-bond acceptors (Lipinski definition) is 7. The number of carbonyl (C=O) groups is 1. The van der Waals surface area contributed by atoms with Gasteiger partial charge in [0.25, 0.3) is 0 Å². The van der Waals surface area contributed by atoms with Crippen molar-refractivity contribution in [2.75, 3.05) is 11.9 Å². The number of rotatable bonds is 3. The molecule has 0 fully saturated rings. The zero-order valence-electron chi connectivity index (χ0n) is 13.1. The molecule has 0 unspecified atom stereocenters. The van der Waals surface area contributed by atoms with E-state index in [0.717, 1.165) is 6.07 Å². The number of anilines is 1. The number of ether oxygens (including phenoxy) is 1. The van der Waals surface area contributed by atoms with Crippen molar-refractivity contribution in [3.05, 3.63) is 46.9 Å². The Morgan fingerprint density at radius 3 is 2.88 bits per heavy atom. The monoisotopic (exact) mass is 342 g/mol. The molecule has 3 N–H and O–H groups in total. The maximum atomic E-state index is 12.2. The predicted octanol–water partition coefficient (Wildman–Crippen LogP) is 2.83. The first-order valence-electron chi connectivity index (χ1n) is 7.37. The van der Waals surface area contributed by atoms with Crippen molar-refractivity contribution in [1.82, 2.24) is 4.98 Å². The molecule has 2 heterocycles. The van der Waals surface area contributed by atoms with E-state index in [4.69, 9.17) is 9.15 Å². The van der Waals surface area contributed by atoms with Crippen molar-refractivity contribution < 1.29 is 24.2 Å². The van der Waals surface area contributed by atoms with Crippen LogP contribution < -0.4 is 10.7 Å². The highest BCUT2D eigenvalue weighted by atomic mass is 16.5. The molecular weight excluding hydrogens is 328 g/mol. The SMILES string of the molecule is CCOC(=O)Nc1cc(O)cc(O)c1-c1cc(=O)c2cnccc2o1. The highest BCUT2D eigenvalue weighted by Gasteiger charge is 2.18. The van der Waals surface area contributed by atoms with Crippen LogP contribution >= 0.6 is 0 Å². The van der Waals surface area contributed by atoms with E-state index in [1.807, 2.05) is 0 Å². The fraction of sp³-hybridized carbons (Fsp3) is 0.118. The summed E-state index contributed by atoms with van der Waals surface area (Å²) in [6, 6.07) is 4.97. The number of nitrogens with zero attached hydrogens (tertiary/aromatic N) is 1. The average Bonchev–Trinajstić information content (AvgIpc) is 2.54. The van der Waals surface area contributed by atoms with Crippen molar-refractivity contribution >= 4 is 22.7 Å². The molecule has 3 rings (SSSR count). The van der Waals surface area contributed by atoms with Crippen LogP contribution in [0, 0.1) is 0 Å². The van der Waals surface area contributed by atoms with Gasteiger partial charge in [0, 0.05) is 30.6 Å². The van der Waals surface area contributed by atoms with E-state index in [-0.39, 0.29) is 51.5 Å². The number of aromatic hydroxyl groups is 2. The molecular formula is C17H14N2O6. The van der Waals surface area contributed by atoms with Gasteiger partial charge < -0.3 is 19.4 Å². The molecule has 2 aromatic heterocycles. The highest BCUT2D eigenvalue weighted by molar-refractivity contribution is 5.93. The first-order chi connectivity index (χ1) is 12.0. The Kier molecular flexibility index (Phi) is 4.25. The fourth-order valence-electron chi connectivity index (χ4n) is 2.37. The third-order valence-corrected chi connectivity index (χ3v) is 3.39. The lowest BCUT2D eigenvalue weighted by atomic mass is 10.1. The van der Waals surface area contributed by atoms with Crippen molar-refractivity contribution in [2.24, 2.45) is 0 Å². The molecule has 0 aliphatic rings. The largest absolute Gasteiger partial charge is 0.508 e. The molecule has 0 spiro atoms. The Bertz CT molecular complexity index is 1010. The zero-order valence-corrected chi connectivity index (χ0v) is 13.1. The smallest absolute Gasteiger partial charge is 0.411 e. The number of fused-ring (bicyclic) bond motifs is 1. The van der Waals surface area contributed by atoms with E-state index in [0.29, 0.717) is 0 Å². The molecule has 128 valence electrons. The van der Waals surface area contributed by atoms with Crippen LogP contribution in [0.4, 0.5) is 10.5 Å². The Morgan fingerprint density at radius 2 is 2.12 bits per heavy atom. The molecule has 0 saturated heterocycles. The molecule has 0 aliphatic carbocycles. The van der Waals surface area contributed by atoms with Crippen LogP contribution in [-0.2, 0) is 4.74 Å². The lowest BCUT2D eigenvalue weighted by molar-refractivity contribution is 0.168. The Labute approximate surface area is 141 Å². The summed E-state index contributed by atoms with van der Waals surface area (Å²) in [5.41, 5.74) is -0.0138. The molecule has 0 radical (unpaired) electrons. The minimum absolute atomic E-state index is 0.0213. The summed E-state index contributed by atoms with van der Waals surface area (Å²) in [4.78, 5) is 27.8. The third-order valence-electron chi connectivity index (χ3n) is 3.39. The van der Waals surface area contributed by atoms with Gasteiger partial charge in [-0.15, -0.1) is 0 Å². The van der Waals surface area contributed by atoms with Gasteiger partial charge in [-0.1, -0.05) is 0 Å². The quantitative estimate of drug-likeness (QED) is 0.669. The van der Waals surface area contributed by atoms with Gasteiger partial charge in [-0.05, 0) is 13.0 Å². The zero-order chi connectivity index (χ0) is 18.0. The van der Waals surface area contributed by atoms with E-state index in [1.165, 1.54) is 30.6 Å². The van der Waals surface area contributed by atoms with E-state index in [1.54, 1.807) is 6.92 Å². The third kappa shape index (κ3) is 3.23. The normalized spacial score (nSPS) is 10.6. The van der Waals surface area contributed by atoms with Crippen LogP contribution in [0.3, 0.4) is 0 Å². The summed E-state index contributed by atoms with van der Waals surface area (Å²) < 4.78 is 10.5. The van der Waals surface area contributed by atoms with Gasteiger partial charge in [0.1, 0.15) is 22.8 Å². The van der Waals surface area contributed by atoms with Crippen LogP contribution in [0.5, 0.6) is 11.5 Å². The lowest BCUT2D eigenvalue weighted by Crippen LogP contribution is -2.14. The molecule has 0 saturated carbocycles. The van der Waals surface area contributed by atoms with Crippen molar-refractivity contribution in [3.8, 4) is 22.8 Å². The van der Waals surface area contributed by atoms with Gasteiger partial charge >= 0.3 is 6.09 Å². The molecule has 0 atom stereocenters. The van der Waals surface area contributed by atoms with Gasteiger partial charge in [-0.25, -0.2) is 4.79 Å². The Balaban J connectivity index is 2.19. The molecule has 1 aromatic carbocycles. The van der Waals surface area contributed by atoms with Crippen LogP contribution in [0.1, 0.15) is 6.92 Å². The molecule has 8 nitrogen and oxygen atoms in total. The number of nitrogens with one attached hydrogen (secondary N) is 1. The molecule has 0 aliphatic heterocycles. The Morgan fingerprint density at radius 1 is 1.32 bits per heavy atom. The van der Waals surface area contributed by atoms with E-state index in [2.05, 4.69) is 10.3 Å². The summed E-state index contributed by atoms with van der Waals surface area (Å²) in [7, 11) is 0. The van der Waals surface area contributed by atoms with E-state index in [9.17, 15) is 19.8 Å². The maximum Gasteiger partial charge on any atom is 0.411 e. The number of phenolic OH excluding ortho intramolecular Hbond substituents is 2. The number of amides is 1. The first kappa shape index (κ1) is 16.3. The van der Waals surface area contributed by atoms with Gasteiger partial charge in [0.15, 0.2) is 5.43 Å². The van der Waals surface area contributed by atoms with Crippen molar-refractivity contribution in [1.29, 1.82) is 0 Å². The van der Waals surface area contributed by atoms with Gasteiger partial charge in [0.2, 0.25) is 0 Å². The van der Waals surface area contributed by atoms with Crippen LogP contribution in [0.15, 0.2) is 45.9 Å². The number of benzene rings is 1. The summed E-state index contributed by atoms with van der Waals surface area (Å²) in [6.45, 7) is 1.78. The lowest BCUT2D eigenvalue weighted by Gasteiger charge is -2.13. The van der Waals surface area contributed by atoms with E-state index < -0.39 is 6.09 Å². The molecule has 25 heavy (non-hydrogen) atoms. The van der Waals surface area contributed by atoms with Crippen molar-refractivity contribution in [2.45, 2.75) is 6.92 Å². The molecule has 3 aromatic rings. The maximum absolute atomic E-state index is 12.2. The number of phenols is 2. The highest BCUT2D eigenvalue weighted by Crippen LogP contribution is 2.39. The number of hydrogen-bond donors (Lipinski definition) is 3. The van der Waals surface area contributed by atoms with Gasteiger partial charge in [-0.3, -0.25) is 15.1 Å². The molecule has 0 bridgehead atoms. The van der Waals surface area contributed by atoms with Gasteiger partial charge in [-0.2, -0.15) is 0 Å². The number of pyridine rings is 1. The van der Waals surface area contributed by atoms with Crippen molar-refractivity contribution in [3.63, 3.8) is 0 Å². The predicted molar refractivity (Wildman–Crippen MR) is 89.7 cm³/mol. The summed E-state index contributed by atoms with van der Waals surface area (Å²) in [6.07, 6.45) is 2.06. The second kappa shape index (κ2) is 6.52. The Hall–Kier alpha value is -3.55. The van der Waals surface area contributed by atoms with Gasteiger partial charge in [0.05, 0.1) is 23.2 Å². The second-order valence-electron chi connectivity index (χ2n) is 5.08. The van der Waals surface area contributed by atoms with E-state index >= 15 is 0 Å². The summed E-state index contributed by atoms with van der Waals surface area (Å²) in [5.74, 6) is -0.628. The number of carbonyl (C=O) groups excluding carboxylic acids is 1. The minimum Gasteiger partial charge on any atom is -0.508 e. The van der Waals surface area contributed by atoms with Crippen LogP contribution in [0.2, 0.25) is 0 Å². The summed E-state index contributed by atoms with van der Waals surface area (Å²) >= 11 is 0. The second-order valence-corrected chi connectivity index (χ2v) is 5.08. The first-order valence-corrected chi connectivity index (χ1v) is 7.37. The number of aromatic nitrogens is 1. The fourth-order valence-corrected chi connectivity index (χ4v) is 2.37. The standard InChI is InChI=1S/C17H14N2O6/c1-2-24-17(23)19-11-5-9(20)6-13(22)16(11)15-7-12(21)10-8-18-4-3-14(10)25-15/h3-8,20,22H,2H2,1H3,(H,19,23). The summed E-state index contributed by atoms with van der Waals surface area (Å²) in [5, 5.41) is 22.6.